The molecule has 6 nitrogen and oxygen atoms in total. The zero-order valence-electron chi connectivity index (χ0n) is 10.8. The second-order valence-corrected chi connectivity index (χ2v) is 4.60. The van der Waals surface area contributed by atoms with Crippen LogP contribution in [0.5, 0.6) is 0 Å². The van der Waals surface area contributed by atoms with Crippen molar-refractivity contribution in [3.05, 3.63) is 53.1 Å². The molecule has 0 saturated heterocycles. The zero-order valence-corrected chi connectivity index (χ0v) is 10.8. The number of carbonyl (C=O) groups excluding carboxylic acids is 2. The third kappa shape index (κ3) is 1.72. The molecule has 1 aliphatic rings. The van der Waals surface area contributed by atoms with Gasteiger partial charge in [-0.3, -0.25) is 9.59 Å². The number of anilines is 3. The third-order valence-corrected chi connectivity index (χ3v) is 3.36. The molecule has 0 spiro atoms. The maximum atomic E-state index is 12.4. The highest BCUT2D eigenvalue weighted by Crippen LogP contribution is 2.32. The van der Waals surface area contributed by atoms with Gasteiger partial charge in [-0.25, -0.2) is 4.90 Å². The summed E-state index contributed by atoms with van der Waals surface area (Å²) in [5, 5.41) is 9.00. The number of fused-ring (bicyclic) bond motifs is 1. The Bertz CT molecular complexity index is 836. The Morgan fingerprint density at radius 1 is 1.00 bits per heavy atom. The van der Waals surface area contributed by atoms with Gasteiger partial charge in [-0.05, 0) is 30.3 Å². The Hall–Kier alpha value is -3.33. The van der Waals surface area contributed by atoms with Crippen molar-refractivity contribution in [2.45, 2.75) is 0 Å². The minimum atomic E-state index is -0.498. The van der Waals surface area contributed by atoms with Crippen molar-refractivity contribution < 1.29 is 9.59 Å². The molecule has 0 radical (unpaired) electrons. The highest BCUT2D eigenvalue weighted by atomic mass is 16.2. The Balaban J connectivity index is 2.15. The minimum Gasteiger partial charge on any atom is -0.398 e. The average molecular weight is 278 g/mol. The lowest BCUT2D eigenvalue weighted by Gasteiger charge is -2.14. The van der Waals surface area contributed by atoms with Gasteiger partial charge in [0.2, 0.25) is 0 Å². The second kappa shape index (κ2) is 4.35. The van der Waals surface area contributed by atoms with E-state index < -0.39 is 11.8 Å². The molecule has 6 heteroatoms. The number of benzene rings is 2. The number of carbonyl (C=O) groups is 2. The molecule has 0 atom stereocenters. The first-order valence-corrected chi connectivity index (χ1v) is 6.11. The van der Waals surface area contributed by atoms with Gasteiger partial charge in [-0.1, -0.05) is 6.07 Å². The highest BCUT2D eigenvalue weighted by Gasteiger charge is 2.38. The molecule has 1 heterocycles. The number of hydrogen-bond acceptors (Lipinski definition) is 5. The molecular weight excluding hydrogens is 268 g/mol. The average Bonchev–Trinajstić information content (AvgIpc) is 2.73. The van der Waals surface area contributed by atoms with Crippen LogP contribution in [-0.4, -0.2) is 11.8 Å². The van der Waals surface area contributed by atoms with Crippen molar-refractivity contribution in [1.29, 1.82) is 5.26 Å². The van der Waals surface area contributed by atoms with Crippen LogP contribution >= 0.6 is 0 Å². The molecule has 1 aliphatic heterocycles. The van der Waals surface area contributed by atoms with Crippen LogP contribution in [0, 0.1) is 11.3 Å². The molecular formula is C15H10N4O2. The van der Waals surface area contributed by atoms with Crippen LogP contribution in [0.15, 0.2) is 36.4 Å². The number of amides is 2. The fourth-order valence-electron chi connectivity index (χ4n) is 2.33. The normalized spacial score (nSPS) is 13.2. The lowest BCUT2D eigenvalue weighted by Crippen LogP contribution is -2.29. The predicted octanol–water partition coefficient (Wildman–Crippen LogP) is 1.52. The molecule has 102 valence electrons. The molecule has 2 aromatic carbocycles. The van der Waals surface area contributed by atoms with Crippen LogP contribution < -0.4 is 16.4 Å². The summed E-state index contributed by atoms with van der Waals surface area (Å²) in [6.07, 6.45) is 0. The number of hydrogen-bond donors (Lipinski definition) is 2. The van der Waals surface area contributed by atoms with Gasteiger partial charge in [-0.2, -0.15) is 5.26 Å². The summed E-state index contributed by atoms with van der Waals surface area (Å²) in [5.74, 6) is -0.960. The van der Waals surface area contributed by atoms with Gasteiger partial charge in [-0.15, -0.1) is 0 Å². The Morgan fingerprint density at radius 2 is 1.76 bits per heavy atom. The van der Waals surface area contributed by atoms with Crippen molar-refractivity contribution >= 4 is 28.9 Å². The summed E-state index contributed by atoms with van der Waals surface area (Å²) in [5.41, 5.74) is 12.9. The van der Waals surface area contributed by atoms with Crippen molar-refractivity contribution in [2.24, 2.45) is 0 Å². The van der Waals surface area contributed by atoms with Crippen LogP contribution in [-0.2, 0) is 0 Å². The summed E-state index contributed by atoms with van der Waals surface area (Å²) >= 11 is 0. The van der Waals surface area contributed by atoms with E-state index in [9.17, 15) is 9.59 Å². The first-order chi connectivity index (χ1) is 10.0. The summed E-state index contributed by atoms with van der Waals surface area (Å²) in [4.78, 5) is 25.8. The van der Waals surface area contributed by atoms with E-state index >= 15 is 0 Å². The number of nitrogen functional groups attached to an aromatic ring is 2. The van der Waals surface area contributed by atoms with Gasteiger partial charge >= 0.3 is 0 Å². The molecule has 0 aliphatic carbocycles. The van der Waals surface area contributed by atoms with Crippen molar-refractivity contribution in [3.63, 3.8) is 0 Å². The van der Waals surface area contributed by atoms with Crippen molar-refractivity contribution in [2.75, 3.05) is 16.4 Å². The number of imide groups is 1. The number of rotatable bonds is 1. The second-order valence-electron chi connectivity index (χ2n) is 4.60. The molecule has 4 N–H and O–H groups in total. The van der Waals surface area contributed by atoms with E-state index in [1.807, 2.05) is 6.07 Å². The van der Waals surface area contributed by atoms with E-state index in [0.717, 1.165) is 4.90 Å². The maximum Gasteiger partial charge on any atom is 0.268 e. The third-order valence-electron chi connectivity index (χ3n) is 3.36. The topological polar surface area (TPSA) is 113 Å². The van der Waals surface area contributed by atoms with Crippen LogP contribution in [0.4, 0.5) is 17.1 Å². The Morgan fingerprint density at radius 3 is 2.43 bits per heavy atom. The van der Waals surface area contributed by atoms with E-state index in [-0.39, 0.29) is 28.1 Å². The quantitative estimate of drug-likeness (QED) is 0.606. The maximum absolute atomic E-state index is 12.4. The van der Waals surface area contributed by atoms with Gasteiger partial charge < -0.3 is 11.5 Å². The lowest BCUT2D eigenvalue weighted by atomic mass is 10.1. The molecule has 0 fully saturated rings. The van der Waals surface area contributed by atoms with Crippen LogP contribution in [0.2, 0.25) is 0 Å². The molecule has 0 aromatic heterocycles. The summed E-state index contributed by atoms with van der Waals surface area (Å²) in [7, 11) is 0. The molecule has 2 aromatic rings. The van der Waals surface area contributed by atoms with Crippen molar-refractivity contribution in [1.82, 2.24) is 0 Å². The van der Waals surface area contributed by atoms with Crippen LogP contribution in [0.25, 0.3) is 0 Å². The minimum absolute atomic E-state index is 0.192. The fraction of sp³-hybridized carbons (Fsp3) is 0. The molecule has 0 unspecified atom stereocenters. The van der Waals surface area contributed by atoms with Gasteiger partial charge in [0.05, 0.1) is 22.4 Å². The van der Waals surface area contributed by atoms with Crippen LogP contribution in [0.3, 0.4) is 0 Å². The SMILES string of the molecule is N#Cc1cc(N2C(=O)c3cccc(N)c3C2=O)ccc1N. The first kappa shape index (κ1) is 12.7. The predicted molar refractivity (Wildman–Crippen MR) is 77.6 cm³/mol. The molecule has 3 rings (SSSR count). The molecule has 0 bridgehead atoms. The highest BCUT2D eigenvalue weighted by molar-refractivity contribution is 6.36. The van der Waals surface area contributed by atoms with Gasteiger partial charge in [0.15, 0.2) is 0 Å². The monoisotopic (exact) mass is 278 g/mol. The van der Waals surface area contributed by atoms with Gasteiger partial charge in [0, 0.05) is 11.4 Å². The number of nitrogens with zero attached hydrogens (tertiary/aromatic N) is 2. The summed E-state index contributed by atoms with van der Waals surface area (Å²) in [6.45, 7) is 0. The first-order valence-electron chi connectivity index (χ1n) is 6.11. The van der Waals surface area contributed by atoms with E-state index in [1.165, 1.54) is 18.2 Å². The molecule has 21 heavy (non-hydrogen) atoms. The molecule has 2 amide bonds. The number of nitrogens with two attached hydrogens (primary N) is 2. The number of nitriles is 1. The van der Waals surface area contributed by atoms with E-state index in [4.69, 9.17) is 16.7 Å². The zero-order chi connectivity index (χ0) is 15.1. The summed E-state index contributed by atoms with van der Waals surface area (Å²) < 4.78 is 0. The van der Waals surface area contributed by atoms with Crippen molar-refractivity contribution in [3.8, 4) is 6.07 Å². The Labute approximate surface area is 120 Å². The van der Waals surface area contributed by atoms with Crippen LogP contribution in [0.1, 0.15) is 26.3 Å². The molecule has 0 saturated carbocycles. The smallest absolute Gasteiger partial charge is 0.268 e. The van der Waals surface area contributed by atoms with E-state index in [0.29, 0.717) is 5.69 Å². The van der Waals surface area contributed by atoms with Gasteiger partial charge in [0.25, 0.3) is 11.8 Å². The largest absolute Gasteiger partial charge is 0.398 e. The standard InChI is InChI=1S/C15H10N4O2/c16-7-8-6-9(4-5-11(8)17)19-14(20)10-2-1-3-12(18)13(10)15(19)21/h1-6H,17-18H2. The van der Waals surface area contributed by atoms with E-state index in [1.54, 1.807) is 18.2 Å². The summed E-state index contributed by atoms with van der Waals surface area (Å²) in [6, 6.07) is 11.1. The fourth-order valence-corrected chi connectivity index (χ4v) is 2.33. The van der Waals surface area contributed by atoms with Gasteiger partial charge in [0.1, 0.15) is 6.07 Å². The lowest BCUT2D eigenvalue weighted by molar-refractivity contribution is 0.0926. The Kier molecular flexibility index (Phi) is 2.63. The van der Waals surface area contributed by atoms with E-state index in [2.05, 4.69) is 0 Å².